The number of nitrogens with one attached hydrogen (secondary N) is 1. The SMILES string of the molecule is CCc1ccccc1NC1=C(Sc2ccc(Cl)cc2)C(=O)N(Cc2ccccc2)C1=O. The normalized spacial score (nSPS) is 13.8. The molecule has 0 saturated heterocycles. The van der Waals surface area contributed by atoms with Crippen LogP contribution < -0.4 is 5.32 Å². The van der Waals surface area contributed by atoms with Gasteiger partial charge in [0.15, 0.2) is 0 Å². The minimum Gasteiger partial charge on any atom is -0.350 e. The van der Waals surface area contributed by atoms with E-state index in [2.05, 4.69) is 12.2 Å². The van der Waals surface area contributed by atoms with Crippen molar-refractivity contribution in [3.63, 3.8) is 0 Å². The maximum Gasteiger partial charge on any atom is 0.278 e. The number of anilines is 1. The molecule has 0 saturated carbocycles. The zero-order valence-electron chi connectivity index (χ0n) is 17.0. The number of benzene rings is 3. The van der Waals surface area contributed by atoms with Crippen LogP contribution in [0.4, 0.5) is 5.69 Å². The van der Waals surface area contributed by atoms with Gasteiger partial charge in [-0.1, -0.05) is 78.8 Å². The zero-order chi connectivity index (χ0) is 21.8. The van der Waals surface area contributed by atoms with Crippen LogP contribution in [-0.4, -0.2) is 16.7 Å². The van der Waals surface area contributed by atoms with E-state index in [-0.39, 0.29) is 18.4 Å². The van der Waals surface area contributed by atoms with Crippen LogP contribution in [0.3, 0.4) is 0 Å². The second-order valence-corrected chi connectivity index (χ2v) is 8.60. The Labute approximate surface area is 190 Å². The summed E-state index contributed by atoms with van der Waals surface area (Å²) in [6.07, 6.45) is 0.811. The lowest BCUT2D eigenvalue weighted by atomic mass is 10.1. The molecule has 2 amide bonds. The molecule has 156 valence electrons. The van der Waals surface area contributed by atoms with Crippen molar-refractivity contribution in [1.82, 2.24) is 4.90 Å². The number of rotatable bonds is 7. The highest BCUT2D eigenvalue weighted by atomic mass is 35.5. The molecule has 0 unspecified atom stereocenters. The van der Waals surface area contributed by atoms with Gasteiger partial charge in [0.1, 0.15) is 10.6 Å². The predicted octanol–water partition coefficient (Wildman–Crippen LogP) is 5.89. The molecule has 0 spiro atoms. The first kappa shape index (κ1) is 21.2. The van der Waals surface area contributed by atoms with Gasteiger partial charge in [0, 0.05) is 15.6 Å². The predicted molar refractivity (Wildman–Crippen MR) is 126 cm³/mol. The van der Waals surface area contributed by atoms with Crippen LogP contribution in [0.2, 0.25) is 5.02 Å². The second-order valence-electron chi connectivity index (χ2n) is 7.08. The summed E-state index contributed by atoms with van der Waals surface area (Å²) < 4.78 is 0. The molecule has 1 aliphatic rings. The summed E-state index contributed by atoms with van der Waals surface area (Å²) in [7, 11) is 0. The lowest BCUT2D eigenvalue weighted by molar-refractivity contribution is -0.137. The van der Waals surface area contributed by atoms with Crippen LogP contribution in [-0.2, 0) is 22.6 Å². The van der Waals surface area contributed by atoms with E-state index in [0.29, 0.717) is 15.6 Å². The van der Waals surface area contributed by atoms with Crippen molar-refractivity contribution < 1.29 is 9.59 Å². The van der Waals surface area contributed by atoms with Crippen molar-refractivity contribution in [3.8, 4) is 0 Å². The van der Waals surface area contributed by atoms with Gasteiger partial charge in [-0.05, 0) is 47.9 Å². The summed E-state index contributed by atoms with van der Waals surface area (Å²) in [5.41, 5.74) is 3.11. The van der Waals surface area contributed by atoms with Gasteiger partial charge < -0.3 is 5.32 Å². The van der Waals surface area contributed by atoms with E-state index in [0.717, 1.165) is 28.1 Å². The molecule has 1 aliphatic heterocycles. The lowest BCUT2D eigenvalue weighted by Crippen LogP contribution is -2.32. The number of thioether (sulfide) groups is 1. The fraction of sp³-hybridized carbons (Fsp3) is 0.120. The summed E-state index contributed by atoms with van der Waals surface area (Å²) in [4.78, 5) is 29.2. The number of hydrogen-bond acceptors (Lipinski definition) is 4. The summed E-state index contributed by atoms with van der Waals surface area (Å²) >= 11 is 7.27. The third-order valence-corrected chi connectivity index (χ3v) is 6.34. The second kappa shape index (κ2) is 9.41. The van der Waals surface area contributed by atoms with Crippen LogP contribution >= 0.6 is 23.4 Å². The molecule has 31 heavy (non-hydrogen) atoms. The molecule has 3 aromatic carbocycles. The lowest BCUT2D eigenvalue weighted by Gasteiger charge is -2.16. The number of imide groups is 1. The zero-order valence-corrected chi connectivity index (χ0v) is 18.5. The first-order valence-corrected chi connectivity index (χ1v) is 11.2. The van der Waals surface area contributed by atoms with Crippen LogP contribution in [0, 0.1) is 0 Å². The van der Waals surface area contributed by atoms with Crippen molar-refractivity contribution in [2.45, 2.75) is 24.8 Å². The monoisotopic (exact) mass is 448 g/mol. The van der Waals surface area contributed by atoms with E-state index in [1.165, 1.54) is 16.7 Å². The van der Waals surface area contributed by atoms with E-state index in [9.17, 15) is 9.59 Å². The smallest absolute Gasteiger partial charge is 0.278 e. The molecule has 1 heterocycles. The summed E-state index contributed by atoms with van der Waals surface area (Å²) in [6, 6.07) is 24.6. The first-order chi connectivity index (χ1) is 15.1. The fourth-order valence-electron chi connectivity index (χ4n) is 3.37. The molecule has 3 aromatic rings. The molecule has 0 fully saturated rings. The Morgan fingerprint density at radius 1 is 0.871 bits per heavy atom. The Bertz CT molecular complexity index is 1140. The summed E-state index contributed by atoms with van der Waals surface area (Å²) in [6.45, 7) is 2.28. The summed E-state index contributed by atoms with van der Waals surface area (Å²) in [5, 5.41) is 3.88. The average Bonchev–Trinajstić information content (AvgIpc) is 3.00. The quantitative estimate of drug-likeness (QED) is 0.458. The van der Waals surface area contributed by atoms with Gasteiger partial charge in [0.2, 0.25) is 0 Å². The number of halogens is 1. The number of amides is 2. The van der Waals surface area contributed by atoms with E-state index < -0.39 is 0 Å². The van der Waals surface area contributed by atoms with Gasteiger partial charge in [-0.15, -0.1) is 0 Å². The Balaban J connectivity index is 1.70. The Kier molecular flexibility index (Phi) is 6.44. The number of nitrogens with zero attached hydrogens (tertiary/aromatic N) is 1. The Hall–Kier alpha value is -3.02. The van der Waals surface area contributed by atoms with Gasteiger partial charge in [-0.3, -0.25) is 14.5 Å². The third-order valence-electron chi connectivity index (χ3n) is 5.00. The number of para-hydroxylation sites is 1. The Morgan fingerprint density at radius 3 is 2.26 bits per heavy atom. The van der Waals surface area contributed by atoms with Crippen LogP contribution in [0.15, 0.2) is 94.4 Å². The molecule has 0 atom stereocenters. The number of aryl methyl sites for hydroxylation is 1. The van der Waals surface area contributed by atoms with Crippen LogP contribution in [0.5, 0.6) is 0 Å². The molecular formula is C25H21ClN2O2S. The van der Waals surface area contributed by atoms with Crippen molar-refractivity contribution in [2.24, 2.45) is 0 Å². The highest BCUT2D eigenvalue weighted by Gasteiger charge is 2.39. The fourth-order valence-corrected chi connectivity index (χ4v) is 4.45. The maximum absolute atomic E-state index is 13.3. The number of carbonyl (C=O) groups excluding carboxylic acids is 2. The van der Waals surface area contributed by atoms with E-state index in [1.807, 2.05) is 66.7 Å². The molecule has 0 bridgehead atoms. The minimum atomic E-state index is -0.323. The van der Waals surface area contributed by atoms with Crippen LogP contribution in [0.1, 0.15) is 18.1 Å². The van der Waals surface area contributed by atoms with Crippen molar-refractivity contribution in [2.75, 3.05) is 5.32 Å². The number of hydrogen-bond donors (Lipinski definition) is 1. The van der Waals surface area contributed by atoms with Crippen molar-refractivity contribution >= 4 is 40.9 Å². The number of carbonyl (C=O) groups is 2. The minimum absolute atomic E-state index is 0.226. The van der Waals surface area contributed by atoms with E-state index >= 15 is 0 Å². The highest BCUT2D eigenvalue weighted by Crippen LogP contribution is 2.37. The molecule has 4 nitrogen and oxygen atoms in total. The van der Waals surface area contributed by atoms with Crippen LogP contribution in [0.25, 0.3) is 0 Å². The molecule has 0 radical (unpaired) electrons. The van der Waals surface area contributed by atoms with E-state index in [1.54, 1.807) is 12.1 Å². The third kappa shape index (κ3) is 4.68. The maximum atomic E-state index is 13.3. The summed E-state index contributed by atoms with van der Waals surface area (Å²) in [5.74, 6) is -0.624. The van der Waals surface area contributed by atoms with Crippen molar-refractivity contribution in [1.29, 1.82) is 0 Å². The molecule has 1 N–H and O–H groups in total. The largest absolute Gasteiger partial charge is 0.350 e. The van der Waals surface area contributed by atoms with Gasteiger partial charge in [-0.2, -0.15) is 0 Å². The molecular weight excluding hydrogens is 428 g/mol. The van der Waals surface area contributed by atoms with E-state index in [4.69, 9.17) is 11.6 Å². The first-order valence-electron chi connectivity index (χ1n) is 9.99. The van der Waals surface area contributed by atoms with Gasteiger partial charge in [-0.25, -0.2) is 0 Å². The topological polar surface area (TPSA) is 49.4 Å². The molecule has 0 aromatic heterocycles. The molecule has 6 heteroatoms. The van der Waals surface area contributed by atoms with Crippen molar-refractivity contribution in [3.05, 3.63) is 106 Å². The average molecular weight is 449 g/mol. The highest BCUT2D eigenvalue weighted by molar-refractivity contribution is 8.04. The molecule has 0 aliphatic carbocycles. The standard InChI is InChI=1S/C25H21ClN2O2S/c1-2-18-10-6-7-11-21(18)27-22-23(31-20-14-12-19(26)13-15-20)25(30)28(24(22)29)16-17-8-4-3-5-9-17/h3-15,27H,2,16H2,1H3. The van der Waals surface area contributed by atoms with Gasteiger partial charge >= 0.3 is 0 Å². The molecule has 4 rings (SSSR count). The van der Waals surface area contributed by atoms with Gasteiger partial charge in [0.05, 0.1) is 6.54 Å². The Morgan fingerprint density at radius 2 is 1.55 bits per heavy atom. The van der Waals surface area contributed by atoms with Gasteiger partial charge in [0.25, 0.3) is 11.8 Å².